The first kappa shape index (κ1) is 19.8. The van der Waals surface area contributed by atoms with Crippen molar-refractivity contribution >= 4 is 33.5 Å². The van der Waals surface area contributed by atoms with Crippen molar-refractivity contribution in [1.29, 1.82) is 5.26 Å². The van der Waals surface area contributed by atoms with Crippen molar-refractivity contribution in [3.05, 3.63) is 76.8 Å². The summed E-state index contributed by atoms with van der Waals surface area (Å²) in [7, 11) is 0. The average Bonchev–Trinajstić information content (AvgIpc) is 3.20. The van der Waals surface area contributed by atoms with Crippen molar-refractivity contribution < 1.29 is 14.6 Å². The third-order valence-electron chi connectivity index (χ3n) is 4.72. The molecule has 0 radical (unpaired) electrons. The number of rotatable bonds is 5. The summed E-state index contributed by atoms with van der Waals surface area (Å²) in [5.74, 6) is -1.04. The Hall–Kier alpha value is -4.45. The van der Waals surface area contributed by atoms with Crippen LogP contribution in [0.3, 0.4) is 0 Å². The molecule has 0 unspecified atom stereocenters. The minimum Gasteiger partial charge on any atom is -0.507 e. The molecule has 9 heteroatoms. The van der Waals surface area contributed by atoms with Crippen LogP contribution in [-0.4, -0.2) is 36.7 Å². The van der Waals surface area contributed by atoms with E-state index in [4.69, 9.17) is 4.74 Å². The Kier molecular flexibility index (Phi) is 5.20. The van der Waals surface area contributed by atoms with Crippen molar-refractivity contribution in [3.63, 3.8) is 0 Å². The molecular weight excluding hydrogens is 398 g/mol. The van der Waals surface area contributed by atoms with Crippen LogP contribution in [0.2, 0.25) is 0 Å². The first-order chi connectivity index (χ1) is 15.0. The zero-order valence-corrected chi connectivity index (χ0v) is 16.4. The summed E-state index contributed by atoms with van der Waals surface area (Å²) in [6.07, 6.45) is 0.140. The smallest absolute Gasteiger partial charge is 0.326 e. The zero-order chi connectivity index (χ0) is 22.0. The van der Waals surface area contributed by atoms with E-state index in [1.54, 1.807) is 42.5 Å². The topological polar surface area (TPSA) is 134 Å². The van der Waals surface area contributed by atoms with E-state index in [2.05, 4.69) is 15.0 Å². The van der Waals surface area contributed by atoms with Crippen LogP contribution in [0.15, 0.2) is 65.4 Å². The van der Waals surface area contributed by atoms with Gasteiger partial charge >= 0.3 is 5.97 Å². The number of hydrogen-bond acceptors (Lipinski definition) is 7. The lowest BCUT2D eigenvalue weighted by Gasteiger charge is -2.14. The van der Waals surface area contributed by atoms with E-state index in [0.717, 1.165) is 4.57 Å². The highest BCUT2D eigenvalue weighted by atomic mass is 16.6. The van der Waals surface area contributed by atoms with Gasteiger partial charge in [0.25, 0.3) is 5.56 Å². The van der Waals surface area contributed by atoms with E-state index in [0.29, 0.717) is 21.9 Å². The maximum atomic E-state index is 12.5. The normalized spacial score (nSPS) is 12.9. The fraction of sp³-hybridized carbons (Fsp3) is 0.136. The molecule has 2 aromatic carbocycles. The van der Waals surface area contributed by atoms with Crippen molar-refractivity contribution in [2.75, 3.05) is 0 Å². The van der Waals surface area contributed by atoms with E-state index in [9.17, 15) is 20.0 Å². The summed E-state index contributed by atoms with van der Waals surface area (Å²) in [5, 5.41) is 20.4. The standard InChI is InChI=1S/C22H17N5O4/c1-13(20(29)15(10-23)21-25-17-8-4-5-9-18(17)26-21)31-19(28)11-27-12-24-16-7-3-2-6-14(16)22(27)30/h2-9,12-13,29H,11H2,1H3,(H,25,26)/b20-15-/t13-/m1/s1. The van der Waals surface area contributed by atoms with Gasteiger partial charge in [-0.3, -0.25) is 14.2 Å². The van der Waals surface area contributed by atoms with Crippen molar-refractivity contribution in [2.45, 2.75) is 19.6 Å². The van der Waals surface area contributed by atoms with Crippen LogP contribution in [0, 0.1) is 11.3 Å². The quantitative estimate of drug-likeness (QED) is 0.291. The van der Waals surface area contributed by atoms with Gasteiger partial charge in [0.05, 0.1) is 28.3 Å². The number of nitrogens with zero attached hydrogens (tertiary/aromatic N) is 4. The van der Waals surface area contributed by atoms with Gasteiger partial charge < -0.3 is 14.8 Å². The number of aromatic nitrogens is 4. The van der Waals surface area contributed by atoms with Gasteiger partial charge in [-0.2, -0.15) is 5.26 Å². The molecule has 0 amide bonds. The monoisotopic (exact) mass is 415 g/mol. The number of fused-ring (bicyclic) bond motifs is 2. The average molecular weight is 415 g/mol. The lowest BCUT2D eigenvalue weighted by Crippen LogP contribution is -2.28. The number of nitrogens with one attached hydrogen (secondary N) is 1. The highest BCUT2D eigenvalue weighted by Crippen LogP contribution is 2.21. The van der Waals surface area contributed by atoms with Gasteiger partial charge in [-0.1, -0.05) is 24.3 Å². The predicted octanol–water partition coefficient (Wildman–Crippen LogP) is 2.70. The molecule has 2 aromatic heterocycles. The van der Waals surface area contributed by atoms with Gasteiger partial charge in [0.2, 0.25) is 0 Å². The van der Waals surface area contributed by atoms with Gasteiger partial charge in [0.1, 0.15) is 18.2 Å². The number of H-pyrrole nitrogens is 1. The molecule has 9 nitrogen and oxygen atoms in total. The van der Waals surface area contributed by atoms with E-state index in [1.165, 1.54) is 13.3 Å². The lowest BCUT2D eigenvalue weighted by atomic mass is 10.2. The Morgan fingerprint density at radius 2 is 1.94 bits per heavy atom. The molecule has 1 atom stereocenters. The second-order valence-corrected chi connectivity index (χ2v) is 6.80. The van der Waals surface area contributed by atoms with E-state index >= 15 is 0 Å². The molecule has 0 aliphatic rings. The number of allylic oxidation sites excluding steroid dienone is 1. The number of hydrogen-bond donors (Lipinski definition) is 2. The Morgan fingerprint density at radius 1 is 1.23 bits per heavy atom. The highest BCUT2D eigenvalue weighted by Gasteiger charge is 2.21. The minimum atomic E-state index is -1.13. The molecule has 0 saturated heterocycles. The second-order valence-electron chi connectivity index (χ2n) is 6.80. The van der Waals surface area contributed by atoms with Gasteiger partial charge in [-0.05, 0) is 31.2 Å². The zero-order valence-electron chi connectivity index (χ0n) is 16.4. The minimum absolute atomic E-state index is 0.138. The van der Waals surface area contributed by atoms with Crippen LogP contribution in [-0.2, 0) is 16.1 Å². The summed E-state index contributed by atoms with van der Waals surface area (Å²) in [6.45, 7) is 1.04. The first-order valence-electron chi connectivity index (χ1n) is 9.40. The summed E-state index contributed by atoms with van der Waals surface area (Å²) >= 11 is 0. The number of para-hydroxylation sites is 3. The van der Waals surface area contributed by atoms with Crippen LogP contribution in [0.5, 0.6) is 0 Å². The van der Waals surface area contributed by atoms with Crippen LogP contribution in [0.25, 0.3) is 27.5 Å². The highest BCUT2D eigenvalue weighted by molar-refractivity contribution is 5.83. The maximum absolute atomic E-state index is 12.5. The Bertz CT molecular complexity index is 1390. The largest absolute Gasteiger partial charge is 0.507 e. The van der Waals surface area contributed by atoms with Crippen LogP contribution >= 0.6 is 0 Å². The molecule has 154 valence electrons. The molecule has 31 heavy (non-hydrogen) atoms. The van der Waals surface area contributed by atoms with E-state index in [1.807, 2.05) is 12.1 Å². The summed E-state index contributed by atoms with van der Waals surface area (Å²) in [6, 6.07) is 15.9. The molecule has 2 N–H and O–H groups in total. The summed E-state index contributed by atoms with van der Waals surface area (Å²) < 4.78 is 6.36. The molecule has 2 heterocycles. The SMILES string of the molecule is C[C@@H](OC(=O)Cn1cnc2ccccc2c1=O)/C(O)=C(\C#N)c1nc2ccccc2[nH]1. The van der Waals surface area contributed by atoms with E-state index in [-0.39, 0.29) is 23.5 Å². The summed E-state index contributed by atoms with van der Waals surface area (Å²) in [5.41, 5.74) is 1.34. The van der Waals surface area contributed by atoms with Gasteiger partial charge in [-0.25, -0.2) is 9.97 Å². The Morgan fingerprint density at radius 3 is 2.68 bits per heavy atom. The number of ether oxygens (including phenoxy) is 1. The van der Waals surface area contributed by atoms with Crippen molar-refractivity contribution in [1.82, 2.24) is 19.5 Å². The number of aliphatic hydroxyl groups excluding tert-OH is 1. The van der Waals surface area contributed by atoms with Crippen molar-refractivity contribution in [3.8, 4) is 6.07 Å². The number of aromatic amines is 1. The fourth-order valence-corrected chi connectivity index (χ4v) is 3.15. The molecule has 0 bridgehead atoms. The van der Waals surface area contributed by atoms with Gasteiger partial charge in [0, 0.05) is 0 Å². The molecule has 4 aromatic rings. The number of benzene rings is 2. The molecule has 0 spiro atoms. The number of imidazole rings is 1. The van der Waals surface area contributed by atoms with Crippen LogP contribution in [0.4, 0.5) is 0 Å². The number of esters is 1. The molecule has 0 fully saturated rings. The Balaban J connectivity index is 1.54. The van der Waals surface area contributed by atoms with Crippen LogP contribution < -0.4 is 5.56 Å². The van der Waals surface area contributed by atoms with Gasteiger partial charge in [-0.15, -0.1) is 0 Å². The summed E-state index contributed by atoms with van der Waals surface area (Å²) in [4.78, 5) is 36.3. The Labute approximate surface area is 175 Å². The van der Waals surface area contributed by atoms with Crippen molar-refractivity contribution in [2.24, 2.45) is 0 Å². The van der Waals surface area contributed by atoms with Crippen LogP contribution in [0.1, 0.15) is 12.7 Å². The number of nitriles is 1. The number of carbonyl (C=O) groups is 1. The fourth-order valence-electron chi connectivity index (χ4n) is 3.15. The van der Waals surface area contributed by atoms with E-state index < -0.39 is 17.8 Å². The second kappa shape index (κ2) is 8.12. The first-order valence-corrected chi connectivity index (χ1v) is 9.40. The molecular formula is C22H17N5O4. The lowest BCUT2D eigenvalue weighted by molar-refractivity contribution is -0.148. The number of carbonyl (C=O) groups excluding carboxylic acids is 1. The molecule has 4 rings (SSSR count). The molecule has 0 saturated carbocycles. The maximum Gasteiger partial charge on any atom is 0.326 e. The molecule has 0 aliphatic heterocycles. The number of aliphatic hydroxyl groups is 1. The third kappa shape index (κ3) is 3.86. The predicted molar refractivity (Wildman–Crippen MR) is 113 cm³/mol. The molecule has 0 aliphatic carbocycles. The van der Waals surface area contributed by atoms with Gasteiger partial charge in [0.15, 0.2) is 17.7 Å². The third-order valence-corrected chi connectivity index (χ3v) is 4.72.